The molecule has 4 nitrogen and oxygen atoms in total. The highest BCUT2D eigenvalue weighted by Gasteiger charge is 2.14. The van der Waals surface area contributed by atoms with Gasteiger partial charge in [0.25, 0.3) is 0 Å². The predicted molar refractivity (Wildman–Crippen MR) is 65.2 cm³/mol. The van der Waals surface area contributed by atoms with E-state index in [1.165, 1.54) is 11.3 Å². The van der Waals surface area contributed by atoms with Crippen molar-refractivity contribution in [2.24, 2.45) is 0 Å². The van der Waals surface area contributed by atoms with Crippen LogP contribution in [0.25, 0.3) is 0 Å². The molecule has 1 aromatic carbocycles. The van der Waals surface area contributed by atoms with Gasteiger partial charge in [0.15, 0.2) is 0 Å². The Labute approximate surface area is 101 Å². The van der Waals surface area contributed by atoms with Crippen LogP contribution in [0.5, 0.6) is 0 Å². The molecule has 0 bridgehead atoms. The highest BCUT2D eigenvalue weighted by molar-refractivity contribution is 5.66. The number of anilines is 1. The molecule has 0 spiro atoms. The monoisotopic (exact) mass is 235 g/mol. The molecule has 1 N–H and O–H groups in total. The molecule has 2 rings (SSSR count). The van der Waals surface area contributed by atoms with Gasteiger partial charge in [-0.15, -0.1) is 0 Å². The zero-order valence-electron chi connectivity index (χ0n) is 9.76. The van der Waals surface area contributed by atoms with Gasteiger partial charge in [0.05, 0.1) is 13.2 Å². The summed E-state index contributed by atoms with van der Waals surface area (Å²) in [5.74, 6) is -0.732. The number of hydrogen-bond donors (Lipinski definition) is 1. The second kappa shape index (κ2) is 5.68. The third-order valence-electron chi connectivity index (χ3n) is 2.91. The third-order valence-corrected chi connectivity index (χ3v) is 2.91. The number of carbonyl (C=O) groups is 1. The van der Waals surface area contributed by atoms with Crippen LogP contribution in [0.2, 0.25) is 0 Å². The first kappa shape index (κ1) is 11.9. The molecule has 1 aliphatic heterocycles. The summed E-state index contributed by atoms with van der Waals surface area (Å²) in [5, 5.41) is 8.65. The maximum absolute atomic E-state index is 10.5. The Balaban J connectivity index is 2.04. The summed E-state index contributed by atoms with van der Waals surface area (Å²) in [6, 6.07) is 8.15. The lowest BCUT2D eigenvalue weighted by molar-refractivity contribution is -0.137. The van der Waals surface area contributed by atoms with Crippen LogP contribution in [-0.4, -0.2) is 30.8 Å². The number of benzene rings is 1. The molecular formula is C13H17NO3. The first-order valence-electron chi connectivity index (χ1n) is 5.90. The Morgan fingerprint density at radius 2 is 2.24 bits per heavy atom. The van der Waals surface area contributed by atoms with E-state index in [1.54, 1.807) is 0 Å². The van der Waals surface area contributed by atoms with Crippen LogP contribution in [0.3, 0.4) is 0 Å². The normalized spacial score (nSPS) is 15.2. The quantitative estimate of drug-likeness (QED) is 0.865. The molecule has 0 saturated carbocycles. The third kappa shape index (κ3) is 3.20. The van der Waals surface area contributed by atoms with Crippen LogP contribution in [0.4, 0.5) is 5.69 Å². The Kier molecular flexibility index (Phi) is 3.98. The maximum atomic E-state index is 10.5. The lowest BCUT2D eigenvalue weighted by Crippen LogP contribution is -2.27. The van der Waals surface area contributed by atoms with E-state index in [9.17, 15) is 4.79 Å². The van der Waals surface area contributed by atoms with Gasteiger partial charge in [-0.1, -0.05) is 18.2 Å². The molecule has 1 aromatic rings. The Morgan fingerprint density at radius 3 is 3.06 bits per heavy atom. The van der Waals surface area contributed by atoms with Crippen LogP contribution < -0.4 is 4.90 Å². The Bertz CT molecular complexity index is 392. The summed E-state index contributed by atoms with van der Waals surface area (Å²) in [7, 11) is 0. The number of hydrogen-bond acceptors (Lipinski definition) is 3. The van der Waals surface area contributed by atoms with E-state index in [0.29, 0.717) is 19.6 Å². The minimum absolute atomic E-state index is 0.222. The summed E-state index contributed by atoms with van der Waals surface area (Å²) in [6.07, 6.45) is 0.892. The fraction of sp³-hybridized carbons (Fsp3) is 0.462. The zero-order chi connectivity index (χ0) is 12.1. The molecule has 17 heavy (non-hydrogen) atoms. The van der Waals surface area contributed by atoms with Gasteiger partial charge in [0.1, 0.15) is 0 Å². The van der Waals surface area contributed by atoms with E-state index in [2.05, 4.69) is 17.0 Å². The summed E-state index contributed by atoms with van der Waals surface area (Å²) in [4.78, 5) is 12.7. The fourth-order valence-electron chi connectivity index (χ4n) is 2.07. The van der Waals surface area contributed by atoms with Gasteiger partial charge in [-0.3, -0.25) is 4.79 Å². The minimum Gasteiger partial charge on any atom is -0.481 e. The number of para-hydroxylation sites is 1. The molecule has 0 unspecified atom stereocenters. The molecule has 92 valence electrons. The largest absolute Gasteiger partial charge is 0.481 e. The van der Waals surface area contributed by atoms with E-state index in [4.69, 9.17) is 9.84 Å². The van der Waals surface area contributed by atoms with Gasteiger partial charge in [0.2, 0.25) is 0 Å². The van der Waals surface area contributed by atoms with Gasteiger partial charge < -0.3 is 14.7 Å². The molecule has 0 aliphatic carbocycles. The standard InChI is InChI=1S/C13H17NO3/c15-13(16)6-3-7-14-8-9-17-10-11-4-1-2-5-12(11)14/h1-2,4-5H,3,6-10H2,(H,15,16). The average Bonchev–Trinajstić information content (AvgIpc) is 2.52. The summed E-state index contributed by atoms with van der Waals surface area (Å²) in [5.41, 5.74) is 2.36. The maximum Gasteiger partial charge on any atom is 0.303 e. The molecule has 0 amide bonds. The number of rotatable bonds is 4. The second-order valence-electron chi connectivity index (χ2n) is 4.17. The van der Waals surface area contributed by atoms with E-state index in [0.717, 1.165) is 13.1 Å². The number of carboxylic acid groups (broad SMARTS) is 1. The molecular weight excluding hydrogens is 218 g/mol. The highest BCUT2D eigenvalue weighted by atomic mass is 16.5. The number of nitrogens with zero attached hydrogens (tertiary/aromatic N) is 1. The van der Waals surface area contributed by atoms with Gasteiger partial charge in [-0.05, 0) is 12.5 Å². The number of carboxylic acids is 1. The lowest BCUT2D eigenvalue weighted by atomic mass is 10.1. The van der Waals surface area contributed by atoms with Gasteiger partial charge >= 0.3 is 5.97 Å². The molecule has 0 saturated heterocycles. The number of aliphatic carboxylic acids is 1. The predicted octanol–water partition coefficient (Wildman–Crippen LogP) is 1.89. The van der Waals surface area contributed by atoms with E-state index in [-0.39, 0.29) is 6.42 Å². The second-order valence-corrected chi connectivity index (χ2v) is 4.17. The first-order valence-corrected chi connectivity index (χ1v) is 5.90. The number of fused-ring (bicyclic) bond motifs is 1. The average molecular weight is 235 g/mol. The van der Waals surface area contributed by atoms with E-state index in [1.807, 2.05) is 12.1 Å². The van der Waals surface area contributed by atoms with Crippen molar-refractivity contribution in [3.63, 3.8) is 0 Å². The van der Waals surface area contributed by atoms with Gasteiger partial charge in [-0.2, -0.15) is 0 Å². The molecule has 1 heterocycles. The van der Waals surface area contributed by atoms with E-state index >= 15 is 0 Å². The van der Waals surface area contributed by atoms with Crippen LogP contribution in [0, 0.1) is 0 Å². The highest BCUT2D eigenvalue weighted by Crippen LogP contribution is 2.23. The van der Waals surface area contributed by atoms with Crippen molar-refractivity contribution in [1.82, 2.24) is 0 Å². The first-order chi connectivity index (χ1) is 8.27. The van der Waals surface area contributed by atoms with Crippen molar-refractivity contribution in [2.75, 3.05) is 24.6 Å². The van der Waals surface area contributed by atoms with Crippen molar-refractivity contribution in [3.05, 3.63) is 29.8 Å². The van der Waals surface area contributed by atoms with Crippen LogP contribution in [0.1, 0.15) is 18.4 Å². The fourth-order valence-corrected chi connectivity index (χ4v) is 2.07. The van der Waals surface area contributed by atoms with Crippen LogP contribution >= 0.6 is 0 Å². The van der Waals surface area contributed by atoms with Crippen LogP contribution in [-0.2, 0) is 16.1 Å². The van der Waals surface area contributed by atoms with Gasteiger partial charge in [0, 0.05) is 30.8 Å². The molecule has 0 fully saturated rings. The van der Waals surface area contributed by atoms with Crippen molar-refractivity contribution in [3.8, 4) is 0 Å². The van der Waals surface area contributed by atoms with E-state index < -0.39 is 5.97 Å². The smallest absolute Gasteiger partial charge is 0.303 e. The molecule has 0 aromatic heterocycles. The molecule has 0 radical (unpaired) electrons. The molecule has 1 aliphatic rings. The summed E-state index contributed by atoms with van der Waals surface area (Å²) in [6.45, 7) is 2.94. The van der Waals surface area contributed by atoms with Crippen molar-refractivity contribution in [1.29, 1.82) is 0 Å². The molecule has 0 atom stereocenters. The summed E-state index contributed by atoms with van der Waals surface area (Å²) >= 11 is 0. The SMILES string of the molecule is O=C(O)CCCN1CCOCc2ccccc21. The molecule has 4 heteroatoms. The minimum atomic E-state index is -0.732. The van der Waals surface area contributed by atoms with Crippen molar-refractivity contribution in [2.45, 2.75) is 19.4 Å². The zero-order valence-corrected chi connectivity index (χ0v) is 9.76. The van der Waals surface area contributed by atoms with Crippen LogP contribution in [0.15, 0.2) is 24.3 Å². The summed E-state index contributed by atoms with van der Waals surface area (Å²) < 4.78 is 5.52. The van der Waals surface area contributed by atoms with Crippen molar-refractivity contribution < 1.29 is 14.6 Å². The number of ether oxygens (including phenoxy) is 1. The topological polar surface area (TPSA) is 49.8 Å². The Morgan fingerprint density at radius 1 is 1.41 bits per heavy atom. The lowest BCUT2D eigenvalue weighted by Gasteiger charge is -2.23. The van der Waals surface area contributed by atoms with Gasteiger partial charge in [-0.25, -0.2) is 0 Å². The van der Waals surface area contributed by atoms with Crippen molar-refractivity contribution >= 4 is 11.7 Å². The Hall–Kier alpha value is -1.55.